The third-order valence-electron chi connectivity index (χ3n) is 6.26. The van der Waals surface area contributed by atoms with Gasteiger partial charge in [-0.2, -0.15) is 5.10 Å². The van der Waals surface area contributed by atoms with E-state index in [4.69, 9.17) is 23.2 Å². The third kappa shape index (κ3) is 7.57. The second-order valence-corrected chi connectivity index (χ2v) is 9.90. The van der Waals surface area contributed by atoms with Crippen LogP contribution in [0.3, 0.4) is 0 Å². The smallest absolute Gasteiger partial charge is 0.411 e. The Balaban J connectivity index is 1.64. The van der Waals surface area contributed by atoms with Gasteiger partial charge in [-0.15, -0.1) is 5.10 Å². The van der Waals surface area contributed by atoms with Crippen molar-refractivity contribution < 1.29 is 23.5 Å². The summed E-state index contributed by atoms with van der Waals surface area (Å²) in [7, 11) is 1.27. The van der Waals surface area contributed by atoms with Crippen molar-refractivity contribution in [2.75, 3.05) is 12.4 Å². The fourth-order valence-electron chi connectivity index (χ4n) is 4.16. The number of hydrogen-bond donors (Lipinski definition) is 2. The third-order valence-corrected chi connectivity index (χ3v) is 6.84. The van der Waals surface area contributed by atoms with Crippen LogP contribution in [0.2, 0.25) is 10.2 Å². The van der Waals surface area contributed by atoms with Crippen LogP contribution in [-0.2, 0) is 16.0 Å². The van der Waals surface area contributed by atoms with Gasteiger partial charge in [-0.05, 0) is 60.9 Å². The van der Waals surface area contributed by atoms with Crippen LogP contribution in [0.4, 0.5) is 14.9 Å². The first kappa shape index (κ1) is 30.4. The number of rotatable bonds is 9. The maximum Gasteiger partial charge on any atom is 0.411 e. The summed E-state index contributed by atoms with van der Waals surface area (Å²) in [5, 5.41) is 13.8. The lowest BCUT2D eigenvalue weighted by Crippen LogP contribution is -2.29. The average Bonchev–Trinajstić information content (AvgIpc) is 2.98. The number of amides is 2. The van der Waals surface area contributed by atoms with Crippen molar-refractivity contribution in [3.8, 4) is 11.1 Å². The monoisotopic (exact) mass is 606 g/mol. The summed E-state index contributed by atoms with van der Waals surface area (Å²) in [5.74, 6) is -1.72. The molecule has 0 bridgehead atoms. The zero-order valence-electron chi connectivity index (χ0n) is 22.5. The van der Waals surface area contributed by atoms with Gasteiger partial charge in [-0.1, -0.05) is 65.7 Å². The number of methoxy groups -OCH3 is 1. The number of hydrogen-bond acceptors (Lipinski definition) is 6. The van der Waals surface area contributed by atoms with Gasteiger partial charge in [0.1, 0.15) is 5.82 Å². The molecule has 214 valence electrons. The van der Waals surface area contributed by atoms with Crippen molar-refractivity contribution in [2.24, 2.45) is 0 Å². The fourth-order valence-corrected chi connectivity index (χ4v) is 4.53. The molecule has 0 aliphatic heterocycles. The minimum atomic E-state index is -0.796. The molecular formula is C31H25Cl2FN4O4. The molecule has 1 unspecified atom stereocenters. The van der Waals surface area contributed by atoms with Crippen LogP contribution < -0.4 is 10.6 Å². The van der Waals surface area contributed by atoms with E-state index in [0.29, 0.717) is 28.9 Å². The molecule has 1 heterocycles. The Bertz CT molecular complexity index is 1650. The first-order valence-corrected chi connectivity index (χ1v) is 13.4. The number of carbonyl (C=O) groups excluding carboxylic acids is 3. The number of benzene rings is 3. The van der Waals surface area contributed by atoms with Crippen LogP contribution in [0.15, 0.2) is 78.9 Å². The van der Waals surface area contributed by atoms with Gasteiger partial charge in [0.2, 0.25) is 5.91 Å². The fraction of sp³-hybridized carbons (Fsp3) is 0.129. The lowest BCUT2D eigenvalue weighted by Gasteiger charge is -2.18. The number of anilines is 1. The summed E-state index contributed by atoms with van der Waals surface area (Å²) in [6.45, 7) is 1.30. The standard InChI is InChI=1S/C31H25Cl2FN4O4/c1-18(39)22-12-14-25(32)29(34)23(22)13-15-28(40)36-26(16-19-6-4-3-5-7-19)27-17-24(30(33)38-37-27)20-8-10-21(11-9-20)35-31(41)42-2/h3-15,17,26H,16H2,1-2H3,(H,35,41)(H,36,40)/b15-13+. The lowest BCUT2D eigenvalue weighted by molar-refractivity contribution is -0.117. The molecule has 0 radical (unpaired) electrons. The molecule has 1 aromatic heterocycles. The summed E-state index contributed by atoms with van der Waals surface area (Å²) in [5.41, 5.74) is 3.14. The van der Waals surface area contributed by atoms with Crippen LogP contribution >= 0.6 is 23.2 Å². The molecule has 0 saturated carbocycles. The van der Waals surface area contributed by atoms with Gasteiger partial charge in [-0.3, -0.25) is 14.9 Å². The summed E-state index contributed by atoms with van der Waals surface area (Å²) in [4.78, 5) is 36.6. The van der Waals surface area contributed by atoms with Crippen molar-refractivity contribution in [1.82, 2.24) is 15.5 Å². The second kappa shape index (κ2) is 13.8. The second-order valence-electron chi connectivity index (χ2n) is 9.13. The van der Waals surface area contributed by atoms with E-state index in [1.54, 1.807) is 30.3 Å². The van der Waals surface area contributed by atoms with Crippen molar-refractivity contribution in [2.45, 2.75) is 19.4 Å². The number of nitrogens with zero attached hydrogens (tertiary/aromatic N) is 2. The van der Waals surface area contributed by atoms with Gasteiger partial charge in [0.15, 0.2) is 10.9 Å². The highest BCUT2D eigenvalue weighted by molar-refractivity contribution is 6.32. The van der Waals surface area contributed by atoms with Gasteiger partial charge < -0.3 is 10.1 Å². The first-order chi connectivity index (χ1) is 20.2. The minimum absolute atomic E-state index is 0.0801. The SMILES string of the molecule is COC(=O)Nc1ccc(-c2cc(C(Cc3ccccc3)NC(=O)/C=C/c3c(C(C)=O)ccc(Cl)c3F)nnc2Cl)cc1. The largest absolute Gasteiger partial charge is 0.453 e. The maximum atomic E-state index is 14.7. The summed E-state index contributed by atoms with van der Waals surface area (Å²) >= 11 is 12.3. The minimum Gasteiger partial charge on any atom is -0.453 e. The summed E-state index contributed by atoms with van der Waals surface area (Å²) in [6.07, 6.45) is 2.12. The number of halogens is 3. The van der Waals surface area contributed by atoms with Crippen LogP contribution in [0.5, 0.6) is 0 Å². The Labute approximate surface area is 251 Å². The van der Waals surface area contributed by atoms with Crippen molar-refractivity contribution >= 4 is 52.7 Å². The number of ether oxygens (including phenoxy) is 1. The zero-order chi connectivity index (χ0) is 30.2. The van der Waals surface area contributed by atoms with E-state index < -0.39 is 23.9 Å². The highest BCUT2D eigenvalue weighted by atomic mass is 35.5. The van der Waals surface area contributed by atoms with E-state index in [1.807, 2.05) is 30.3 Å². The molecule has 0 spiro atoms. The van der Waals surface area contributed by atoms with E-state index in [1.165, 1.54) is 32.2 Å². The number of aromatic nitrogens is 2. The normalized spacial score (nSPS) is 11.6. The molecule has 0 saturated heterocycles. The van der Waals surface area contributed by atoms with E-state index >= 15 is 0 Å². The number of ketones is 1. The molecule has 11 heteroatoms. The van der Waals surface area contributed by atoms with Crippen LogP contribution in [0.1, 0.15) is 40.1 Å². The molecule has 42 heavy (non-hydrogen) atoms. The van der Waals surface area contributed by atoms with Gasteiger partial charge in [0, 0.05) is 28.5 Å². The van der Waals surface area contributed by atoms with Gasteiger partial charge >= 0.3 is 6.09 Å². The Hall–Kier alpha value is -4.60. The molecule has 8 nitrogen and oxygen atoms in total. The van der Waals surface area contributed by atoms with Crippen LogP contribution in [0.25, 0.3) is 17.2 Å². The highest BCUT2D eigenvalue weighted by Crippen LogP contribution is 2.30. The quantitative estimate of drug-likeness (QED) is 0.155. The van der Waals surface area contributed by atoms with E-state index in [2.05, 4.69) is 25.6 Å². The highest BCUT2D eigenvalue weighted by Gasteiger charge is 2.20. The molecule has 3 aromatic carbocycles. The Morgan fingerprint density at radius 2 is 1.71 bits per heavy atom. The van der Waals surface area contributed by atoms with Gasteiger partial charge in [0.25, 0.3) is 0 Å². The molecule has 1 atom stereocenters. The van der Waals surface area contributed by atoms with E-state index in [0.717, 1.165) is 11.6 Å². The number of Topliss-reactive ketones (excluding diaryl/α,β-unsaturated/α-hetero) is 1. The van der Waals surface area contributed by atoms with E-state index in [9.17, 15) is 18.8 Å². The van der Waals surface area contributed by atoms with Crippen molar-refractivity contribution in [3.05, 3.63) is 117 Å². The number of carbonyl (C=O) groups is 3. The van der Waals surface area contributed by atoms with E-state index in [-0.39, 0.29) is 27.1 Å². The molecule has 0 aliphatic carbocycles. The van der Waals surface area contributed by atoms with Crippen LogP contribution in [-0.4, -0.2) is 35.1 Å². The summed E-state index contributed by atoms with van der Waals surface area (Å²) < 4.78 is 19.3. The zero-order valence-corrected chi connectivity index (χ0v) is 24.0. The van der Waals surface area contributed by atoms with Crippen molar-refractivity contribution in [1.29, 1.82) is 0 Å². The predicted molar refractivity (Wildman–Crippen MR) is 160 cm³/mol. The van der Waals surface area contributed by atoms with Gasteiger partial charge in [0.05, 0.1) is 23.9 Å². The van der Waals surface area contributed by atoms with Gasteiger partial charge in [-0.25, -0.2) is 9.18 Å². The lowest BCUT2D eigenvalue weighted by atomic mass is 10.00. The molecule has 2 amide bonds. The topological polar surface area (TPSA) is 110 Å². The molecular weight excluding hydrogens is 582 g/mol. The molecule has 4 rings (SSSR count). The first-order valence-electron chi connectivity index (χ1n) is 12.7. The molecule has 0 fully saturated rings. The Morgan fingerprint density at radius 3 is 2.38 bits per heavy atom. The Kier molecular flexibility index (Phi) is 10.0. The summed E-state index contributed by atoms with van der Waals surface area (Å²) in [6, 6.07) is 20.1. The van der Waals surface area contributed by atoms with Crippen molar-refractivity contribution in [3.63, 3.8) is 0 Å². The predicted octanol–water partition coefficient (Wildman–Crippen LogP) is 7.08. The molecule has 2 N–H and O–H groups in total. The molecule has 0 aliphatic rings. The number of nitrogens with one attached hydrogen (secondary N) is 2. The van der Waals surface area contributed by atoms with Crippen LogP contribution in [0, 0.1) is 5.82 Å². The Morgan fingerprint density at radius 1 is 1.00 bits per heavy atom. The average molecular weight is 607 g/mol. The maximum absolute atomic E-state index is 14.7. The molecule has 4 aromatic rings.